The zero-order valence-electron chi connectivity index (χ0n) is 6.94. The molecule has 0 aliphatic heterocycles. The van der Waals surface area contributed by atoms with E-state index >= 15 is 0 Å². The summed E-state index contributed by atoms with van der Waals surface area (Å²) in [5.41, 5.74) is 0. The molecule has 1 unspecified atom stereocenters. The number of hydrogen-bond acceptors (Lipinski definition) is 5. The van der Waals surface area contributed by atoms with Gasteiger partial charge in [-0.15, -0.1) is 23.4 Å². The molecule has 0 spiro atoms. The van der Waals surface area contributed by atoms with Crippen molar-refractivity contribution in [3.05, 3.63) is 0 Å². The smallest absolute Gasteiger partial charge is 0.831 e. The standard InChI is InChI=1S/C2H4ClO4PS.3Na/c3-1(2(4)5)8(6,7)9;;;/h1H,(H,4,5)(H2,6,7,9);;;/q;3*+1/p-3. The summed E-state index contributed by atoms with van der Waals surface area (Å²) in [5, 5.41) is 7.57. The third-order valence-corrected chi connectivity index (χ3v) is 3.17. The van der Waals surface area contributed by atoms with Crippen molar-refractivity contribution >= 4 is 35.9 Å². The zero-order valence-corrected chi connectivity index (χ0v) is 15.4. The number of alkyl halides is 1. The Labute approximate surface area is 146 Å². The summed E-state index contributed by atoms with van der Waals surface area (Å²) in [6.07, 6.45) is 0. The fourth-order valence-corrected chi connectivity index (χ4v) is 0.645. The van der Waals surface area contributed by atoms with E-state index in [1.807, 2.05) is 0 Å². The summed E-state index contributed by atoms with van der Waals surface area (Å²) in [6.45, 7) is -4.38. The van der Waals surface area contributed by atoms with Crippen LogP contribution in [0.5, 0.6) is 0 Å². The van der Waals surface area contributed by atoms with Crippen LogP contribution in [-0.2, 0) is 16.6 Å². The Balaban J connectivity index is -0.000000107. The average Bonchev–Trinajstić information content (AvgIpc) is 1.62. The first-order valence-corrected chi connectivity index (χ1v) is 4.86. The van der Waals surface area contributed by atoms with Crippen molar-refractivity contribution in [2.75, 3.05) is 0 Å². The van der Waals surface area contributed by atoms with Gasteiger partial charge in [0.25, 0.3) is 0 Å². The van der Waals surface area contributed by atoms with E-state index in [1.165, 1.54) is 0 Å². The molecule has 0 aromatic rings. The molecule has 0 bridgehead atoms. The van der Waals surface area contributed by atoms with E-state index in [0.29, 0.717) is 0 Å². The van der Waals surface area contributed by atoms with Crippen molar-refractivity contribution < 1.29 is 108 Å². The van der Waals surface area contributed by atoms with Crippen LogP contribution in [0.25, 0.3) is 0 Å². The molecule has 0 heterocycles. The van der Waals surface area contributed by atoms with E-state index in [1.54, 1.807) is 0 Å². The molecule has 0 N–H and O–H groups in total. The van der Waals surface area contributed by atoms with Gasteiger partial charge in [-0.3, -0.25) is 0 Å². The number of rotatable bonds is 2. The fourth-order valence-electron chi connectivity index (χ4n) is 0.129. The van der Waals surface area contributed by atoms with Gasteiger partial charge in [-0.05, 0) is 0 Å². The summed E-state index contributed by atoms with van der Waals surface area (Å²) < 4.78 is 0. The zero-order chi connectivity index (χ0) is 7.65. The van der Waals surface area contributed by atoms with Gasteiger partial charge in [-0.2, -0.15) is 6.49 Å². The maximum atomic E-state index is 10.1. The molecule has 0 fully saturated rings. The van der Waals surface area contributed by atoms with E-state index in [0.717, 1.165) is 0 Å². The largest absolute Gasteiger partial charge is 1.00 e. The average molecular weight is 256 g/mol. The summed E-state index contributed by atoms with van der Waals surface area (Å²) >= 11 is 8.48. The van der Waals surface area contributed by atoms with Gasteiger partial charge in [0.05, 0.1) is 11.1 Å². The Morgan fingerprint density at radius 2 is 1.58 bits per heavy atom. The van der Waals surface area contributed by atoms with E-state index in [9.17, 15) is 19.7 Å². The second-order valence-corrected chi connectivity index (χ2v) is 5.06. The summed E-state index contributed by atoms with van der Waals surface area (Å²) in [4.78, 5) is 29.8. The minimum Gasteiger partial charge on any atom is -0.831 e. The number of carboxylic acid groups (broad SMARTS) is 1. The molecule has 0 amide bonds. The number of hydrogen-bond donors (Lipinski definition) is 0. The third kappa shape index (κ3) is 11.4. The maximum absolute atomic E-state index is 10.1. The van der Waals surface area contributed by atoms with Crippen LogP contribution in [0.4, 0.5) is 0 Å². The van der Waals surface area contributed by atoms with Gasteiger partial charge in [-0.25, -0.2) is 0 Å². The minimum atomic E-state index is -4.38. The molecule has 12 heavy (non-hydrogen) atoms. The predicted molar refractivity (Wildman–Crippen MR) is 28.9 cm³/mol. The number of carboxylic acids is 1. The first kappa shape index (κ1) is 24.5. The first-order chi connectivity index (χ1) is 3.85. The molecule has 54 valence electrons. The van der Waals surface area contributed by atoms with Gasteiger partial charge in [0, 0.05) is 0 Å². The summed E-state index contributed by atoms with van der Waals surface area (Å²) in [7, 11) is 0. The van der Waals surface area contributed by atoms with E-state index in [2.05, 4.69) is 11.8 Å². The minimum absolute atomic E-state index is 0. The Hall–Kier alpha value is 3.33. The van der Waals surface area contributed by atoms with Gasteiger partial charge in [-0.1, -0.05) is 0 Å². The molecule has 0 aliphatic rings. The molecular formula is C2HClNa3O4PS. The van der Waals surface area contributed by atoms with Crippen molar-refractivity contribution in [3.63, 3.8) is 0 Å². The first-order valence-electron chi connectivity index (χ1n) is 1.72. The van der Waals surface area contributed by atoms with Gasteiger partial charge in [0.15, 0.2) is 0 Å². The van der Waals surface area contributed by atoms with E-state index in [4.69, 9.17) is 11.6 Å². The van der Waals surface area contributed by atoms with Crippen molar-refractivity contribution in [2.24, 2.45) is 0 Å². The maximum Gasteiger partial charge on any atom is 1.00 e. The van der Waals surface area contributed by atoms with Crippen LogP contribution in [0, 0.1) is 0 Å². The topological polar surface area (TPSA) is 86.2 Å². The second-order valence-electron chi connectivity index (χ2n) is 1.19. The molecule has 0 aromatic carbocycles. The van der Waals surface area contributed by atoms with E-state index < -0.39 is 17.6 Å². The van der Waals surface area contributed by atoms with Crippen molar-refractivity contribution in [1.29, 1.82) is 0 Å². The molecule has 0 aromatic heterocycles. The summed E-state index contributed by atoms with van der Waals surface area (Å²) in [6, 6.07) is 0. The molecule has 0 rings (SSSR count). The fraction of sp³-hybridized carbons (Fsp3) is 0.500. The number of carbonyl (C=O) groups is 1. The normalized spacial score (nSPS) is 11.2. The SMILES string of the molecule is O=C([O-])C(Cl)P([O-])([O-])=S.[Na+].[Na+].[Na+]. The molecule has 10 heteroatoms. The van der Waals surface area contributed by atoms with E-state index in [-0.39, 0.29) is 88.7 Å². The van der Waals surface area contributed by atoms with Gasteiger partial charge < -0.3 is 19.7 Å². The van der Waals surface area contributed by atoms with Crippen molar-refractivity contribution in [2.45, 2.75) is 5.12 Å². The van der Waals surface area contributed by atoms with Crippen molar-refractivity contribution in [3.8, 4) is 0 Å². The van der Waals surface area contributed by atoms with Gasteiger partial charge >= 0.3 is 88.7 Å². The van der Waals surface area contributed by atoms with Gasteiger partial charge in [0.2, 0.25) is 0 Å². The Morgan fingerprint density at radius 1 is 1.33 bits per heavy atom. The number of aliphatic carboxylic acids is 1. The molecule has 0 radical (unpaired) electrons. The quantitative estimate of drug-likeness (QED) is 0.278. The van der Waals surface area contributed by atoms with Crippen LogP contribution < -0.4 is 104 Å². The molecule has 0 saturated carbocycles. The molecule has 1 atom stereocenters. The monoisotopic (exact) mass is 256 g/mol. The third-order valence-electron chi connectivity index (χ3n) is 0.472. The predicted octanol–water partition coefficient (Wildman–Crippen LogP) is -11.7. The van der Waals surface area contributed by atoms with Crippen LogP contribution in [0.15, 0.2) is 0 Å². The van der Waals surface area contributed by atoms with Crippen LogP contribution in [0.1, 0.15) is 0 Å². The van der Waals surface area contributed by atoms with Gasteiger partial charge in [0.1, 0.15) is 0 Å². The summed E-state index contributed by atoms with van der Waals surface area (Å²) in [5.74, 6) is -1.88. The molecular weight excluding hydrogens is 255 g/mol. The van der Waals surface area contributed by atoms with Crippen LogP contribution in [0.3, 0.4) is 0 Å². The van der Waals surface area contributed by atoms with Crippen LogP contribution >= 0.6 is 18.1 Å². The second kappa shape index (κ2) is 10.8. The van der Waals surface area contributed by atoms with Crippen molar-refractivity contribution in [1.82, 2.24) is 0 Å². The van der Waals surface area contributed by atoms with Crippen LogP contribution in [-0.4, -0.2) is 11.1 Å². The Morgan fingerprint density at radius 3 is 1.58 bits per heavy atom. The molecule has 0 aliphatic carbocycles. The Kier molecular flexibility index (Phi) is 22.1. The molecule has 4 nitrogen and oxygen atoms in total. The number of carbonyl (C=O) groups excluding carboxylic acids is 1. The molecule has 0 saturated heterocycles. The Bertz CT molecular complexity index is 174. The number of halogens is 1. The van der Waals surface area contributed by atoms with Crippen LogP contribution in [0.2, 0.25) is 0 Å².